The van der Waals surface area contributed by atoms with Crippen molar-refractivity contribution in [1.29, 1.82) is 0 Å². The Kier molecular flexibility index (Phi) is 4.63. The summed E-state index contributed by atoms with van der Waals surface area (Å²) in [5.41, 5.74) is 4.47. The lowest BCUT2D eigenvalue weighted by Gasteiger charge is -2.18. The molecule has 0 rings (SSSR count). The molecule has 0 aliphatic rings. The molecule has 4 heteroatoms. The number of rotatable bonds is 5. The van der Waals surface area contributed by atoms with Crippen molar-refractivity contribution in [2.75, 3.05) is 5.75 Å². The number of nitrogens with two attached hydrogens (primary N) is 1. The molecular weight excluding hydrogens is 174 g/mol. The minimum atomic E-state index is -1.07. The zero-order valence-electron chi connectivity index (χ0n) is 7.83. The summed E-state index contributed by atoms with van der Waals surface area (Å²) in [6.45, 7) is 5.72. The molecule has 3 N–H and O–H groups in total. The summed E-state index contributed by atoms with van der Waals surface area (Å²) < 4.78 is 0. The fourth-order valence-electron chi connectivity index (χ4n) is 0.614. The molecule has 72 valence electrons. The third-order valence-corrected chi connectivity index (χ3v) is 2.67. The van der Waals surface area contributed by atoms with E-state index in [9.17, 15) is 4.79 Å². The summed E-state index contributed by atoms with van der Waals surface area (Å²) in [6, 6.07) is 0. The molecule has 0 aromatic rings. The van der Waals surface area contributed by atoms with Crippen molar-refractivity contribution >= 4 is 17.7 Å². The van der Waals surface area contributed by atoms with Gasteiger partial charge in [-0.25, -0.2) is 0 Å². The van der Waals surface area contributed by atoms with Gasteiger partial charge in [0.05, 0.1) is 0 Å². The highest BCUT2D eigenvalue weighted by Crippen LogP contribution is 2.15. The fourth-order valence-corrected chi connectivity index (χ4v) is 1.63. The number of carboxylic acid groups (broad SMARTS) is 1. The molecule has 0 aliphatic heterocycles. The van der Waals surface area contributed by atoms with Crippen molar-refractivity contribution in [2.45, 2.75) is 38.0 Å². The number of thioether (sulfide) groups is 1. The smallest absolute Gasteiger partial charge is 0.323 e. The number of hydrogen-bond acceptors (Lipinski definition) is 3. The van der Waals surface area contributed by atoms with Gasteiger partial charge in [-0.1, -0.05) is 13.8 Å². The SMILES string of the molecule is CC(C)SCCC(C)(N)C(=O)O. The molecule has 1 atom stereocenters. The predicted molar refractivity (Wildman–Crippen MR) is 52.4 cm³/mol. The van der Waals surface area contributed by atoms with Crippen LogP contribution in [-0.4, -0.2) is 27.6 Å². The van der Waals surface area contributed by atoms with Crippen molar-refractivity contribution in [3.05, 3.63) is 0 Å². The van der Waals surface area contributed by atoms with Gasteiger partial charge in [0.2, 0.25) is 0 Å². The molecule has 0 bridgehead atoms. The lowest BCUT2D eigenvalue weighted by molar-refractivity contribution is -0.142. The van der Waals surface area contributed by atoms with Crippen LogP contribution in [0, 0.1) is 0 Å². The van der Waals surface area contributed by atoms with Crippen LogP contribution in [0.3, 0.4) is 0 Å². The van der Waals surface area contributed by atoms with Gasteiger partial charge in [0.25, 0.3) is 0 Å². The standard InChI is InChI=1S/C8H17NO2S/c1-6(2)12-5-4-8(3,9)7(10)11/h6H,4-5,9H2,1-3H3,(H,10,11). The van der Waals surface area contributed by atoms with Crippen molar-refractivity contribution < 1.29 is 9.90 Å². The van der Waals surface area contributed by atoms with E-state index in [4.69, 9.17) is 10.8 Å². The van der Waals surface area contributed by atoms with E-state index in [2.05, 4.69) is 13.8 Å². The Morgan fingerprint density at radius 3 is 2.50 bits per heavy atom. The van der Waals surface area contributed by atoms with Gasteiger partial charge in [-0.05, 0) is 24.3 Å². The molecule has 0 spiro atoms. The largest absolute Gasteiger partial charge is 0.480 e. The third-order valence-electron chi connectivity index (χ3n) is 1.56. The van der Waals surface area contributed by atoms with Crippen LogP contribution < -0.4 is 5.73 Å². The van der Waals surface area contributed by atoms with E-state index in [1.165, 1.54) is 0 Å². The third kappa shape index (κ3) is 4.62. The van der Waals surface area contributed by atoms with E-state index in [0.717, 1.165) is 5.75 Å². The molecule has 0 radical (unpaired) electrons. The van der Waals surface area contributed by atoms with E-state index in [-0.39, 0.29) is 0 Å². The van der Waals surface area contributed by atoms with Crippen molar-refractivity contribution in [1.82, 2.24) is 0 Å². The van der Waals surface area contributed by atoms with Gasteiger partial charge in [-0.3, -0.25) is 4.79 Å². The van der Waals surface area contributed by atoms with E-state index >= 15 is 0 Å². The minimum Gasteiger partial charge on any atom is -0.480 e. The van der Waals surface area contributed by atoms with Gasteiger partial charge in [0.15, 0.2) is 0 Å². The molecule has 12 heavy (non-hydrogen) atoms. The highest BCUT2D eigenvalue weighted by atomic mass is 32.2. The van der Waals surface area contributed by atoms with Crippen molar-refractivity contribution in [2.24, 2.45) is 5.73 Å². The van der Waals surface area contributed by atoms with Gasteiger partial charge in [0, 0.05) is 0 Å². The fraction of sp³-hybridized carbons (Fsp3) is 0.875. The van der Waals surface area contributed by atoms with Gasteiger partial charge >= 0.3 is 5.97 Å². The first-order chi connectivity index (χ1) is 5.36. The Balaban J connectivity index is 3.69. The maximum Gasteiger partial charge on any atom is 0.323 e. The molecular formula is C8H17NO2S. The van der Waals surface area contributed by atoms with Gasteiger partial charge in [-0.15, -0.1) is 0 Å². The van der Waals surface area contributed by atoms with Crippen LogP contribution in [0.25, 0.3) is 0 Å². The Hall–Kier alpha value is -0.220. The Morgan fingerprint density at radius 2 is 2.17 bits per heavy atom. The highest BCUT2D eigenvalue weighted by molar-refractivity contribution is 7.99. The summed E-state index contributed by atoms with van der Waals surface area (Å²) in [5, 5.41) is 9.21. The van der Waals surface area contributed by atoms with E-state index in [1.54, 1.807) is 18.7 Å². The van der Waals surface area contributed by atoms with Crippen LogP contribution in [-0.2, 0) is 4.79 Å². The highest BCUT2D eigenvalue weighted by Gasteiger charge is 2.26. The second-order valence-corrected chi connectivity index (χ2v) is 5.08. The minimum absolute atomic E-state index is 0.519. The van der Waals surface area contributed by atoms with Crippen LogP contribution in [0.4, 0.5) is 0 Å². The first kappa shape index (κ1) is 11.8. The normalized spacial score (nSPS) is 16.1. The molecule has 0 heterocycles. The van der Waals surface area contributed by atoms with E-state index in [1.807, 2.05) is 0 Å². The summed E-state index contributed by atoms with van der Waals surface area (Å²) in [6.07, 6.45) is 0.519. The second-order valence-electron chi connectivity index (χ2n) is 3.39. The van der Waals surface area contributed by atoms with Gasteiger partial charge in [0.1, 0.15) is 5.54 Å². The van der Waals surface area contributed by atoms with Crippen LogP contribution in [0.2, 0.25) is 0 Å². The molecule has 3 nitrogen and oxygen atoms in total. The molecule has 0 aliphatic carbocycles. The molecule has 0 saturated heterocycles. The van der Waals surface area contributed by atoms with Crippen LogP contribution >= 0.6 is 11.8 Å². The Morgan fingerprint density at radius 1 is 1.67 bits per heavy atom. The molecule has 0 aromatic heterocycles. The van der Waals surface area contributed by atoms with Gasteiger partial charge < -0.3 is 10.8 Å². The lowest BCUT2D eigenvalue weighted by Crippen LogP contribution is -2.45. The number of carboxylic acids is 1. The molecule has 0 saturated carbocycles. The predicted octanol–water partition coefficient (Wildman–Crippen LogP) is 1.32. The van der Waals surface area contributed by atoms with Crippen LogP contribution in [0.1, 0.15) is 27.2 Å². The number of aliphatic carboxylic acids is 1. The van der Waals surface area contributed by atoms with Crippen molar-refractivity contribution in [3.8, 4) is 0 Å². The number of hydrogen-bond donors (Lipinski definition) is 2. The molecule has 0 amide bonds. The maximum absolute atomic E-state index is 10.6. The summed E-state index contributed by atoms with van der Waals surface area (Å²) >= 11 is 1.73. The monoisotopic (exact) mass is 191 g/mol. The van der Waals surface area contributed by atoms with Crippen LogP contribution in [0.15, 0.2) is 0 Å². The second kappa shape index (κ2) is 4.72. The summed E-state index contributed by atoms with van der Waals surface area (Å²) in [5.74, 6) is -0.122. The first-order valence-corrected chi connectivity index (χ1v) is 5.05. The van der Waals surface area contributed by atoms with Crippen LogP contribution in [0.5, 0.6) is 0 Å². The van der Waals surface area contributed by atoms with Gasteiger partial charge in [-0.2, -0.15) is 11.8 Å². The topological polar surface area (TPSA) is 63.3 Å². The zero-order valence-corrected chi connectivity index (χ0v) is 8.65. The Labute approximate surface area is 77.7 Å². The summed E-state index contributed by atoms with van der Waals surface area (Å²) in [4.78, 5) is 10.6. The number of carbonyl (C=O) groups is 1. The Bertz CT molecular complexity index is 157. The molecule has 1 unspecified atom stereocenters. The quantitative estimate of drug-likeness (QED) is 0.688. The van der Waals surface area contributed by atoms with E-state index in [0.29, 0.717) is 11.7 Å². The van der Waals surface area contributed by atoms with Crippen molar-refractivity contribution in [3.63, 3.8) is 0 Å². The zero-order chi connectivity index (χ0) is 9.78. The molecule has 0 aromatic carbocycles. The average Bonchev–Trinajstić information content (AvgIpc) is 1.85. The summed E-state index contributed by atoms with van der Waals surface area (Å²) in [7, 11) is 0. The maximum atomic E-state index is 10.6. The molecule has 0 fully saturated rings. The first-order valence-electron chi connectivity index (χ1n) is 4.00. The average molecular weight is 191 g/mol. The van der Waals surface area contributed by atoms with E-state index < -0.39 is 11.5 Å². The lowest BCUT2D eigenvalue weighted by atomic mass is 10.0.